The molecule has 5 N–H and O–H groups in total. The number of halogens is 3. The molecule has 0 bridgehead atoms. The van der Waals surface area contributed by atoms with Crippen molar-refractivity contribution < 1.29 is 32.3 Å². The number of likely N-dealkylation sites (tertiary alicyclic amines) is 1. The van der Waals surface area contributed by atoms with Crippen LogP contribution in [-0.4, -0.2) is 58.4 Å². The van der Waals surface area contributed by atoms with E-state index in [0.717, 1.165) is 6.07 Å². The van der Waals surface area contributed by atoms with E-state index in [4.69, 9.17) is 16.2 Å². The summed E-state index contributed by atoms with van der Waals surface area (Å²) >= 11 is 0. The number of carbonyl (C=O) groups is 3. The van der Waals surface area contributed by atoms with Crippen molar-refractivity contribution >= 4 is 28.5 Å². The average Bonchev–Trinajstić information content (AvgIpc) is 3.38. The van der Waals surface area contributed by atoms with Crippen molar-refractivity contribution in [1.82, 2.24) is 15.2 Å². The molecule has 3 amide bonds. The highest BCUT2D eigenvalue weighted by Gasteiger charge is 2.60. The smallest absolute Gasteiger partial charge is 0.417 e. The fourth-order valence-corrected chi connectivity index (χ4v) is 4.85. The lowest BCUT2D eigenvalue weighted by Gasteiger charge is -2.25. The molecule has 0 radical (unpaired) electrons. The number of nitrogens with zero attached hydrogens (tertiary/aromatic N) is 2. The van der Waals surface area contributed by atoms with Gasteiger partial charge in [0.15, 0.2) is 0 Å². The van der Waals surface area contributed by atoms with E-state index < -0.39 is 47.1 Å². The molecule has 2 fully saturated rings. The molecule has 1 aliphatic heterocycles. The van der Waals surface area contributed by atoms with E-state index in [-0.39, 0.29) is 42.1 Å². The number of alkyl halides is 3. The van der Waals surface area contributed by atoms with Gasteiger partial charge in [-0.15, -0.1) is 0 Å². The minimum atomic E-state index is -4.56. The van der Waals surface area contributed by atoms with Crippen LogP contribution in [0, 0.1) is 5.92 Å². The molecule has 1 unspecified atom stereocenters. The van der Waals surface area contributed by atoms with Gasteiger partial charge in [-0.2, -0.15) is 13.2 Å². The molecule has 2 aromatic rings. The third kappa shape index (κ3) is 4.49. The van der Waals surface area contributed by atoms with Crippen LogP contribution in [0.25, 0.3) is 10.8 Å². The van der Waals surface area contributed by atoms with Crippen LogP contribution in [0.2, 0.25) is 0 Å². The highest BCUT2D eigenvalue weighted by atomic mass is 19.4. The Labute approximate surface area is 199 Å². The van der Waals surface area contributed by atoms with E-state index in [2.05, 4.69) is 10.3 Å². The number of rotatable bonds is 7. The molecule has 1 aliphatic carbocycles. The molecule has 9 nitrogen and oxygen atoms in total. The summed E-state index contributed by atoms with van der Waals surface area (Å²) in [5.74, 6) is -1.82. The number of fused-ring (bicyclic) bond motifs is 1. The summed E-state index contributed by atoms with van der Waals surface area (Å²) in [6.07, 6.45) is -2.97. The van der Waals surface area contributed by atoms with Gasteiger partial charge in [0, 0.05) is 23.4 Å². The maximum absolute atomic E-state index is 13.4. The number of aromatic nitrogens is 1. The van der Waals surface area contributed by atoms with Crippen molar-refractivity contribution in [1.29, 1.82) is 0 Å². The predicted octanol–water partition coefficient (Wildman–Crippen LogP) is 1.33. The molecule has 12 heteroatoms. The van der Waals surface area contributed by atoms with Gasteiger partial charge < -0.3 is 26.4 Å². The highest BCUT2D eigenvalue weighted by molar-refractivity contribution is 5.97. The molecule has 1 aromatic heterocycles. The van der Waals surface area contributed by atoms with Crippen LogP contribution in [0.3, 0.4) is 0 Å². The van der Waals surface area contributed by atoms with Crippen molar-refractivity contribution in [2.45, 2.75) is 50.0 Å². The number of hydrogen-bond acceptors (Lipinski definition) is 6. The molecule has 1 aromatic carbocycles. The monoisotopic (exact) mass is 493 g/mol. The van der Waals surface area contributed by atoms with Gasteiger partial charge in [0.05, 0.1) is 18.7 Å². The first-order valence-electron chi connectivity index (χ1n) is 11.2. The standard InChI is InChI=1S/C23H26F3N5O4/c1-2-12-9-22(12,21(28)34)30-19(33)17-8-13(11-31(17)18(32)10-27)35-20-15-4-3-5-16(23(24,25)26)14(15)6-7-29-20/h3-7,12-13,17H,2,8-11,27H2,1H3,(H2,28,34)(H,30,33)/t12-,13-,17?,22-/m1/s1. The van der Waals surface area contributed by atoms with Crippen molar-refractivity contribution in [2.24, 2.45) is 17.4 Å². The number of pyridine rings is 1. The van der Waals surface area contributed by atoms with Crippen molar-refractivity contribution in [3.8, 4) is 5.88 Å². The minimum absolute atomic E-state index is 0.0219. The molecular weight excluding hydrogens is 467 g/mol. The third-order valence-corrected chi connectivity index (χ3v) is 6.80. The van der Waals surface area contributed by atoms with Gasteiger partial charge >= 0.3 is 6.18 Å². The number of nitrogens with one attached hydrogen (secondary N) is 1. The van der Waals surface area contributed by atoms with Crippen LogP contribution >= 0.6 is 0 Å². The van der Waals surface area contributed by atoms with Gasteiger partial charge in [0.1, 0.15) is 17.7 Å². The Hall–Kier alpha value is -3.41. The number of carbonyl (C=O) groups excluding carboxylic acids is 3. The molecular formula is C23H26F3N5O4. The lowest BCUT2D eigenvalue weighted by Crippen LogP contribution is -2.55. The molecule has 188 valence electrons. The SMILES string of the molecule is CC[C@@H]1C[C@]1(NC(=O)C1C[C@@H](Oc2nccc3c(C(F)(F)F)cccc23)CN1C(=O)CN)C(N)=O. The summed E-state index contributed by atoms with van der Waals surface area (Å²) in [7, 11) is 0. The van der Waals surface area contributed by atoms with Crippen LogP contribution in [0.15, 0.2) is 30.5 Å². The Morgan fingerprint density at radius 2 is 2.00 bits per heavy atom. The summed E-state index contributed by atoms with van der Waals surface area (Å²) in [4.78, 5) is 42.9. The molecule has 4 rings (SSSR count). The first-order valence-corrected chi connectivity index (χ1v) is 11.2. The van der Waals surface area contributed by atoms with E-state index in [0.29, 0.717) is 12.8 Å². The number of ether oxygens (including phenoxy) is 1. The maximum Gasteiger partial charge on any atom is 0.417 e. The Morgan fingerprint density at radius 1 is 1.26 bits per heavy atom. The van der Waals surface area contributed by atoms with Gasteiger partial charge in [0.2, 0.25) is 23.6 Å². The highest BCUT2D eigenvalue weighted by Crippen LogP contribution is 2.46. The summed E-state index contributed by atoms with van der Waals surface area (Å²) in [6, 6.07) is 3.97. The zero-order chi connectivity index (χ0) is 25.5. The number of nitrogens with two attached hydrogens (primary N) is 2. The molecule has 2 heterocycles. The summed E-state index contributed by atoms with van der Waals surface area (Å²) < 4.78 is 46.2. The van der Waals surface area contributed by atoms with E-state index in [1.54, 1.807) is 0 Å². The summed E-state index contributed by atoms with van der Waals surface area (Å²) in [5, 5.41) is 2.79. The second kappa shape index (κ2) is 8.99. The molecule has 0 spiro atoms. The average molecular weight is 493 g/mol. The third-order valence-electron chi connectivity index (χ3n) is 6.80. The Morgan fingerprint density at radius 3 is 2.60 bits per heavy atom. The topological polar surface area (TPSA) is 141 Å². The van der Waals surface area contributed by atoms with Crippen molar-refractivity contribution in [3.05, 3.63) is 36.0 Å². The quantitative estimate of drug-likeness (QED) is 0.532. The molecule has 35 heavy (non-hydrogen) atoms. The molecule has 2 aliphatic rings. The lowest BCUT2D eigenvalue weighted by atomic mass is 10.1. The first kappa shape index (κ1) is 24.7. The maximum atomic E-state index is 13.4. The number of hydrogen-bond donors (Lipinski definition) is 3. The van der Waals surface area contributed by atoms with Gasteiger partial charge in [-0.25, -0.2) is 4.98 Å². The van der Waals surface area contributed by atoms with E-state index in [1.807, 2.05) is 6.92 Å². The first-order chi connectivity index (χ1) is 16.5. The van der Waals surface area contributed by atoms with Crippen LogP contribution in [0.5, 0.6) is 5.88 Å². The zero-order valence-corrected chi connectivity index (χ0v) is 19.0. The second-order valence-corrected chi connectivity index (χ2v) is 8.89. The zero-order valence-electron chi connectivity index (χ0n) is 19.0. The largest absolute Gasteiger partial charge is 0.472 e. The van der Waals surface area contributed by atoms with E-state index >= 15 is 0 Å². The minimum Gasteiger partial charge on any atom is -0.472 e. The lowest BCUT2D eigenvalue weighted by molar-refractivity contribution is -0.138. The van der Waals surface area contributed by atoms with Crippen molar-refractivity contribution in [3.63, 3.8) is 0 Å². The molecule has 1 saturated heterocycles. The van der Waals surface area contributed by atoms with Crippen molar-refractivity contribution in [2.75, 3.05) is 13.1 Å². The van der Waals surface area contributed by atoms with E-state index in [1.165, 1.54) is 29.3 Å². The predicted molar refractivity (Wildman–Crippen MR) is 119 cm³/mol. The van der Waals surface area contributed by atoms with E-state index in [9.17, 15) is 27.6 Å². The fraction of sp³-hybridized carbons (Fsp3) is 0.478. The second-order valence-electron chi connectivity index (χ2n) is 8.89. The van der Waals surface area contributed by atoms with Crippen LogP contribution < -0.4 is 21.5 Å². The normalized spacial score (nSPS) is 26.0. The van der Waals surface area contributed by atoms with Crippen LogP contribution in [-0.2, 0) is 20.6 Å². The van der Waals surface area contributed by atoms with Gasteiger partial charge in [0.25, 0.3) is 0 Å². The summed E-state index contributed by atoms with van der Waals surface area (Å²) in [5.41, 5.74) is 9.08. The molecule has 4 atom stereocenters. The number of amides is 3. The van der Waals surface area contributed by atoms with Gasteiger partial charge in [-0.05, 0) is 30.5 Å². The Balaban J connectivity index is 1.58. The molecule has 1 saturated carbocycles. The van der Waals surface area contributed by atoms with Crippen LogP contribution in [0.1, 0.15) is 31.7 Å². The Kier molecular flexibility index (Phi) is 6.34. The number of primary amides is 1. The Bertz CT molecular complexity index is 1170. The summed E-state index contributed by atoms with van der Waals surface area (Å²) in [6.45, 7) is 1.51. The fourth-order valence-electron chi connectivity index (χ4n) is 4.85. The van der Waals surface area contributed by atoms with Crippen LogP contribution in [0.4, 0.5) is 13.2 Å². The number of benzene rings is 1. The van der Waals surface area contributed by atoms with Gasteiger partial charge in [-0.1, -0.05) is 19.4 Å². The van der Waals surface area contributed by atoms with Gasteiger partial charge in [-0.3, -0.25) is 14.4 Å².